The number of carbonyl (C=O) groups is 1. The van der Waals surface area contributed by atoms with E-state index in [1.54, 1.807) is 34.6 Å². The first-order valence-corrected chi connectivity index (χ1v) is 9.76. The molecule has 0 radical (unpaired) electrons. The lowest BCUT2D eigenvalue weighted by Crippen LogP contribution is -2.22. The van der Waals surface area contributed by atoms with Gasteiger partial charge in [0.05, 0.1) is 16.8 Å². The standard InChI is InChI=1S/C21H21ClN6O2/c1-12-8-13(2)23-20-19(12)21(26-27(20)4)30-11-18(29)24-17-9-14(3)25-28(17)16-7-5-6-15(22)10-16/h5-10H,11H2,1-4H3,(H,24,29). The zero-order chi connectivity index (χ0) is 21.4. The van der Waals surface area contributed by atoms with Gasteiger partial charge in [-0.15, -0.1) is 5.10 Å². The first kappa shape index (κ1) is 19.9. The molecule has 0 spiro atoms. The number of amides is 1. The van der Waals surface area contributed by atoms with Crippen LogP contribution in [-0.4, -0.2) is 37.1 Å². The van der Waals surface area contributed by atoms with Gasteiger partial charge in [0.1, 0.15) is 5.82 Å². The molecule has 0 aliphatic heterocycles. The zero-order valence-electron chi connectivity index (χ0n) is 17.1. The maximum absolute atomic E-state index is 12.6. The maximum Gasteiger partial charge on any atom is 0.263 e. The van der Waals surface area contributed by atoms with Crippen LogP contribution in [0.1, 0.15) is 17.0 Å². The number of anilines is 1. The third-order valence-corrected chi connectivity index (χ3v) is 4.81. The fourth-order valence-corrected chi connectivity index (χ4v) is 3.54. The van der Waals surface area contributed by atoms with Crippen LogP contribution < -0.4 is 10.1 Å². The normalized spacial score (nSPS) is 11.1. The summed E-state index contributed by atoms with van der Waals surface area (Å²) in [4.78, 5) is 17.1. The van der Waals surface area contributed by atoms with Crippen LogP contribution in [0.15, 0.2) is 36.4 Å². The first-order chi connectivity index (χ1) is 14.3. The Labute approximate surface area is 178 Å². The van der Waals surface area contributed by atoms with Crippen LogP contribution in [0.3, 0.4) is 0 Å². The Kier molecular flexibility index (Phi) is 5.17. The Morgan fingerprint density at radius 1 is 1.13 bits per heavy atom. The number of hydrogen-bond acceptors (Lipinski definition) is 5. The average molecular weight is 425 g/mol. The molecule has 154 valence electrons. The Hall–Kier alpha value is -3.39. The van der Waals surface area contributed by atoms with Crippen molar-refractivity contribution in [2.24, 2.45) is 7.05 Å². The smallest absolute Gasteiger partial charge is 0.263 e. The lowest BCUT2D eigenvalue weighted by molar-refractivity contribution is -0.118. The summed E-state index contributed by atoms with van der Waals surface area (Å²) >= 11 is 6.09. The number of halogens is 1. The van der Waals surface area contributed by atoms with Crippen molar-refractivity contribution >= 4 is 34.4 Å². The summed E-state index contributed by atoms with van der Waals surface area (Å²) < 4.78 is 9.02. The van der Waals surface area contributed by atoms with E-state index >= 15 is 0 Å². The zero-order valence-corrected chi connectivity index (χ0v) is 17.9. The quantitative estimate of drug-likeness (QED) is 0.527. The van der Waals surface area contributed by atoms with Crippen molar-refractivity contribution in [3.8, 4) is 11.6 Å². The van der Waals surface area contributed by atoms with Gasteiger partial charge in [0.15, 0.2) is 12.3 Å². The van der Waals surface area contributed by atoms with Crippen LogP contribution in [0.2, 0.25) is 5.02 Å². The Bertz CT molecular complexity index is 1260. The third kappa shape index (κ3) is 3.86. The molecule has 3 aromatic heterocycles. The number of hydrogen-bond donors (Lipinski definition) is 1. The molecule has 0 saturated carbocycles. The van der Waals surface area contributed by atoms with Crippen LogP contribution in [0, 0.1) is 20.8 Å². The number of benzene rings is 1. The molecule has 1 amide bonds. The largest absolute Gasteiger partial charge is 0.466 e. The second-order valence-corrected chi connectivity index (χ2v) is 7.54. The lowest BCUT2D eigenvalue weighted by Gasteiger charge is -2.09. The molecule has 30 heavy (non-hydrogen) atoms. The molecule has 0 saturated heterocycles. The fraction of sp³-hybridized carbons (Fsp3) is 0.238. The molecular weight excluding hydrogens is 404 g/mol. The number of nitrogens with zero attached hydrogens (tertiary/aromatic N) is 5. The van der Waals surface area contributed by atoms with Gasteiger partial charge in [-0.3, -0.25) is 4.79 Å². The minimum absolute atomic E-state index is 0.195. The van der Waals surface area contributed by atoms with Gasteiger partial charge in [-0.05, 0) is 50.6 Å². The molecule has 0 fully saturated rings. The van der Waals surface area contributed by atoms with Gasteiger partial charge in [-0.2, -0.15) is 5.10 Å². The summed E-state index contributed by atoms with van der Waals surface area (Å²) in [6, 6.07) is 11.0. The molecule has 4 aromatic rings. The second kappa shape index (κ2) is 7.79. The maximum atomic E-state index is 12.6. The molecule has 3 heterocycles. The predicted molar refractivity (Wildman–Crippen MR) is 115 cm³/mol. The molecule has 0 bridgehead atoms. The van der Waals surface area contributed by atoms with E-state index < -0.39 is 0 Å². The Morgan fingerprint density at radius 2 is 1.93 bits per heavy atom. The van der Waals surface area contributed by atoms with E-state index in [9.17, 15) is 4.79 Å². The van der Waals surface area contributed by atoms with Crippen LogP contribution in [-0.2, 0) is 11.8 Å². The highest BCUT2D eigenvalue weighted by Crippen LogP contribution is 2.27. The van der Waals surface area contributed by atoms with E-state index in [1.807, 2.05) is 39.0 Å². The average Bonchev–Trinajstić information content (AvgIpc) is 3.20. The molecule has 0 aliphatic rings. The highest BCUT2D eigenvalue weighted by Gasteiger charge is 2.17. The van der Waals surface area contributed by atoms with E-state index in [-0.39, 0.29) is 12.5 Å². The van der Waals surface area contributed by atoms with Crippen LogP contribution in [0.25, 0.3) is 16.7 Å². The minimum atomic E-state index is -0.324. The van der Waals surface area contributed by atoms with Gasteiger partial charge >= 0.3 is 0 Å². The third-order valence-electron chi connectivity index (χ3n) is 4.58. The predicted octanol–water partition coefficient (Wildman–Crippen LogP) is 3.75. The molecule has 0 aliphatic carbocycles. The van der Waals surface area contributed by atoms with Crippen molar-refractivity contribution in [2.75, 3.05) is 11.9 Å². The Balaban J connectivity index is 1.53. The van der Waals surface area contributed by atoms with Crippen molar-refractivity contribution < 1.29 is 9.53 Å². The summed E-state index contributed by atoms with van der Waals surface area (Å²) in [6.45, 7) is 5.56. The summed E-state index contributed by atoms with van der Waals surface area (Å²) in [6.07, 6.45) is 0. The first-order valence-electron chi connectivity index (χ1n) is 9.38. The number of fused-ring (bicyclic) bond motifs is 1. The van der Waals surface area contributed by atoms with Crippen LogP contribution in [0.4, 0.5) is 5.82 Å². The lowest BCUT2D eigenvalue weighted by atomic mass is 10.2. The molecule has 1 N–H and O–H groups in total. The summed E-state index contributed by atoms with van der Waals surface area (Å²) in [5.41, 5.74) is 4.13. The number of nitrogens with one attached hydrogen (secondary N) is 1. The Morgan fingerprint density at radius 3 is 2.70 bits per heavy atom. The molecule has 1 aromatic carbocycles. The van der Waals surface area contributed by atoms with Gasteiger partial charge in [-0.25, -0.2) is 14.3 Å². The molecule has 9 heteroatoms. The number of aromatic nitrogens is 5. The van der Waals surface area contributed by atoms with Crippen molar-refractivity contribution in [1.29, 1.82) is 0 Å². The number of pyridine rings is 1. The van der Waals surface area contributed by atoms with Crippen molar-refractivity contribution in [3.63, 3.8) is 0 Å². The number of ether oxygens (including phenoxy) is 1. The second-order valence-electron chi connectivity index (χ2n) is 7.11. The number of aryl methyl sites for hydroxylation is 4. The minimum Gasteiger partial charge on any atom is -0.466 e. The van der Waals surface area contributed by atoms with Crippen LogP contribution in [0.5, 0.6) is 5.88 Å². The van der Waals surface area contributed by atoms with E-state index in [0.29, 0.717) is 16.7 Å². The van der Waals surface area contributed by atoms with Crippen molar-refractivity contribution in [1.82, 2.24) is 24.5 Å². The van der Waals surface area contributed by atoms with Gasteiger partial charge < -0.3 is 10.1 Å². The highest BCUT2D eigenvalue weighted by molar-refractivity contribution is 6.30. The van der Waals surface area contributed by atoms with Gasteiger partial charge in [0.2, 0.25) is 5.88 Å². The molecule has 8 nitrogen and oxygen atoms in total. The van der Waals surface area contributed by atoms with Crippen molar-refractivity contribution in [2.45, 2.75) is 20.8 Å². The number of carbonyl (C=O) groups excluding carboxylic acids is 1. The summed E-state index contributed by atoms with van der Waals surface area (Å²) in [5.74, 6) is 0.588. The summed E-state index contributed by atoms with van der Waals surface area (Å²) in [5, 5.41) is 13.0. The molecule has 4 rings (SSSR count). The van der Waals surface area contributed by atoms with Crippen molar-refractivity contribution in [3.05, 3.63) is 58.4 Å². The van der Waals surface area contributed by atoms with Gasteiger partial charge in [-0.1, -0.05) is 17.7 Å². The number of rotatable bonds is 5. The SMILES string of the molecule is Cc1cc(C)c2c(OCC(=O)Nc3cc(C)nn3-c3cccc(Cl)c3)nn(C)c2n1. The fourth-order valence-electron chi connectivity index (χ4n) is 3.36. The van der Waals surface area contributed by atoms with E-state index in [2.05, 4.69) is 20.5 Å². The van der Waals surface area contributed by atoms with E-state index in [4.69, 9.17) is 16.3 Å². The summed E-state index contributed by atoms with van der Waals surface area (Å²) in [7, 11) is 1.80. The van der Waals surface area contributed by atoms with Gasteiger partial charge in [0, 0.05) is 23.8 Å². The van der Waals surface area contributed by atoms with Gasteiger partial charge in [0.25, 0.3) is 5.91 Å². The molecular formula is C21H21ClN6O2. The molecule has 0 atom stereocenters. The topological polar surface area (TPSA) is 86.9 Å². The van der Waals surface area contributed by atoms with E-state index in [0.717, 1.165) is 33.7 Å². The van der Waals surface area contributed by atoms with Crippen LogP contribution >= 0.6 is 11.6 Å². The molecule has 0 unspecified atom stereocenters. The van der Waals surface area contributed by atoms with E-state index in [1.165, 1.54) is 0 Å². The monoisotopic (exact) mass is 424 g/mol. The highest BCUT2D eigenvalue weighted by atomic mass is 35.5.